The molecule has 1 aromatic carbocycles. The number of halogens is 1. The lowest BCUT2D eigenvalue weighted by molar-refractivity contribution is 0.0571. The van der Waals surface area contributed by atoms with Crippen LogP contribution in [0.5, 0.6) is 0 Å². The van der Waals surface area contributed by atoms with Gasteiger partial charge in [-0.15, -0.1) is 0 Å². The standard InChI is InChI=1S/C13H18FNO4S/c1-19-11-3-2-6-15(8-11)20(17,18)13-5-4-10(9-16)7-12(13)14/h4-5,7,11,16H,2-3,6,8-9H2,1H3. The van der Waals surface area contributed by atoms with Crippen LogP contribution in [-0.4, -0.2) is 44.1 Å². The highest BCUT2D eigenvalue weighted by Crippen LogP contribution is 2.24. The average molecular weight is 303 g/mol. The van der Waals surface area contributed by atoms with Crippen molar-refractivity contribution < 1.29 is 22.7 Å². The molecule has 0 bridgehead atoms. The second-order valence-electron chi connectivity index (χ2n) is 4.79. The van der Waals surface area contributed by atoms with Gasteiger partial charge < -0.3 is 9.84 Å². The fourth-order valence-corrected chi connectivity index (χ4v) is 3.86. The van der Waals surface area contributed by atoms with E-state index in [0.29, 0.717) is 18.5 Å². The predicted octanol–water partition coefficient (Wildman–Crippen LogP) is 1.12. The Hall–Kier alpha value is -1.02. The highest BCUT2D eigenvalue weighted by atomic mass is 32.2. The molecule has 1 aromatic rings. The molecule has 0 saturated carbocycles. The zero-order valence-corrected chi connectivity index (χ0v) is 12.1. The van der Waals surface area contributed by atoms with Crippen LogP contribution in [0.4, 0.5) is 4.39 Å². The van der Waals surface area contributed by atoms with Gasteiger partial charge in [-0.3, -0.25) is 0 Å². The zero-order chi connectivity index (χ0) is 14.8. The van der Waals surface area contributed by atoms with Crippen molar-refractivity contribution in [2.45, 2.75) is 30.4 Å². The molecule has 2 rings (SSSR count). The molecule has 1 saturated heterocycles. The van der Waals surface area contributed by atoms with Crippen molar-refractivity contribution in [3.63, 3.8) is 0 Å². The normalized spacial score (nSPS) is 21.1. The molecule has 1 unspecified atom stereocenters. The Labute approximate surface area is 118 Å². The topological polar surface area (TPSA) is 66.8 Å². The Morgan fingerprint density at radius 2 is 2.25 bits per heavy atom. The highest BCUT2D eigenvalue weighted by molar-refractivity contribution is 7.89. The van der Waals surface area contributed by atoms with Crippen LogP contribution in [0.25, 0.3) is 0 Å². The highest BCUT2D eigenvalue weighted by Gasteiger charge is 2.32. The predicted molar refractivity (Wildman–Crippen MR) is 71.1 cm³/mol. The van der Waals surface area contributed by atoms with Crippen LogP contribution in [0.15, 0.2) is 23.1 Å². The number of ether oxygens (including phenoxy) is 1. The van der Waals surface area contributed by atoms with E-state index in [2.05, 4.69) is 0 Å². The van der Waals surface area contributed by atoms with Crippen molar-refractivity contribution in [1.82, 2.24) is 4.31 Å². The summed E-state index contributed by atoms with van der Waals surface area (Å²) in [5, 5.41) is 8.93. The third-order valence-electron chi connectivity index (χ3n) is 3.47. The molecule has 112 valence electrons. The number of hydrogen-bond donors (Lipinski definition) is 1. The van der Waals surface area contributed by atoms with E-state index < -0.39 is 15.8 Å². The third kappa shape index (κ3) is 3.01. The van der Waals surface area contributed by atoms with Gasteiger partial charge in [0.15, 0.2) is 0 Å². The minimum absolute atomic E-state index is 0.154. The lowest BCUT2D eigenvalue weighted by atomic mass is 10.1. The molecule has 7 heteroatoms. The monoisotopic (exact) mass is 303 g/mol. The molecule has 20 heavy (non-hydrogen) atoms. The first-order valence-electron chi connectivity index (χ1n) is 6.41. The van der Waals surface area contributed by atoms with E-state index in [9.17, 15) is 12.8 Å². The summed E-state index contributed by atoms with van der Waals surface area (Å²) in [5.41, 5.74) is 0.342. The first-order chi connectivity index (χ1) is 9.48. The fourth-order valence-electron chi connectivity index (χ4n) is 2.31. The molecule has 1 aliphatic heterocycles. The van der Waals surface area contributed by atoms with Gasteiger partial charge in [0.25, 0.3) is 0 Å². The number of sulfonamides is 1. The Morgan fingerprint density at radius 3 is 2.85 bits per heavy atom. The summed E-state index contributed by atoms with van der Waals surface area (Å²) in [7, 11) is -2.32. The molecule has 0 amide bonds. The summed E-state index contributed by atoms with van der Waals surface area (Å²) in [6.07, 6.45) is 1.33. The van der Waals surface area contributed by atoms with Gasteiger partial charge in [-0.25, -0.2) is 12.8 Å². The molecule has 5 nitrogen and oxygen atoms in total. The number of aliphatic hydroxyl groups excluding tert-OH is 1. The van der Waals surface area contributed by atoms with Gasteiger partial charge in [0, 0.05) is 20.2 Å². The quantitative estimate of drug-likeness (QED) is 0.905. The largest absolute Gasteiger partial charge is 0.392 e. The van der Waals surface area contributed by atoms with Crippen LogP contribution in [0, 0.1) is 5.82 Å². The number of benzene rings is 1. The average Bonchev–Trinajstić information content (AvgIpc) is 2.46. The number of methoxy groups -OCH3 is 1. The number of hydrogen-bond acceptors (Lipinski definition) is 4. The molecule has 1 fully saturated rings. The molecule has 0 radical (unpaired) electrons. The molecular formula is C13H18FNO4S. The number of nitrogens with zero attached hydrogens (tertiary/aromatic N) is 1. The molecule has 0 spiro atoms. The minimum Gasteiger partial charge on any atom is -0.392 e. The molecule has 1 heterocycles. The number of rotatable bonds is 4. The number of aliphatic hydroxyl groups is 1. The summed E-state index contributed by atoms with van der Waals surface area (Å²) in [4.78, 5) is -0.355. The molecule has 0 aliphatic carbocycles. The van der Waals surface area contributed by atoms with Crippen molar-refractivity contribution >= 4 is 10.0 Å². The lowest BCUT2D eigenvalue weighted by Crippen LogP contribution is -2.43. The van der Waals surface area contributed by atoms with Gasteiger partial charge in [0.1, 0.15) is 10.7 Å². The molecular weight excluding hydrogens is 285 g/mol. The Kier molecular flexibility index (Phi) is 4.74. The summed E-state index contributed by atoms with van der Waals surface area (Å²) in [6, 6.07) is 3.66. The minimum atomic E-state index is -3.86. The van der Waals surface area contributed by atoms with Crippen molar-refractivity contribution in [3.05, 3.63) is 29.6 Å². The van der Waals surface area contributed by atoms with E-state index in [1.807, 2.05) is 0 Å². The van der Waals surface area contributed by atoms with Crippen LogP contribution in [0.1, 0.15) is 18.4 Å². The van der Waals surface area contributed by atoms with Crippen molar-refractivity contribution in [1.29, 1.82) is 0 Å². The third-order valence-corrected chi connectivity index (χ3v) is 5.37. The first-order valence-corrected chi connectivity index (χ1v) is 7.85. The maximum atomic E-state index is 13.9. The van der Waals surface area contributed by atoms with E-state index in [1.54, 1.807) is 0 Å². The first kappa shape index (κ1) is 15.4. The molecule has 1 aliphatic rings. The van der Waals surface area contributed by atoms with Crippen molar-refractivity contribution in [3.8, 4) is 0 Å². The summed E-state index contributed by atoms with van der Waals surface area (Å²) >= 11 is 0. The van der Waals surface area contributed by atoms with Crippen molar-refractivity contribution in [2.24, 2.45) is 0 Å². The summed E-state index contributed by atoms with van der Waals surface area (Å²) in [5.74, 6) is -0.837. The molecule has 0 aromatic heterocycles. The second-order valence-corrected chi connectivity index (χ2v) is 6.69. The molecule has 1 N–H and O–H groups in total. The van der Waals surface area contributed by atoms with Crippen LogP contribution in [0.3, 0.4) is 0 Å². The van der Waals surface area contributed by atoms with E-state index in [4.69, 9.17) is 9.84 Å². The Bertz CT molecular complexity index is 576. The van der Waals surface area contributed by atoms with Crippen LogP contribution in [-0.2, 0) is 21.4 Å². The van der Waals surface area contributed by atoms with E-state index in [0.717, 1.165) is 12.5 Å². The molecule has 1 atom stereocenters. The fraction of sp³-hybridized carbons (Fsp3) is 0.538. The second kappa shape index (κ2) is 6.17. The summed E-state index contributed by atoms with van der Waals surface area (Å²) < 4.78 is 45.2. The van der Waals surface area contributed by atoms with Gasteiger partial charge in [-0.2, -0.15) is 4.31 Å². The van der Waals surface area contributed by atoms with E-state index in [1.165, 1.54) is 23.5 Å². The van der Waals surface area contributed by atoms with Crippen LogP contribution < -0.4 is 0 Å². The zero-order valence-electron chi connectivity index (χ0n) is 11.3. The van der Waals surface area contributed by atoms with Crippen LogP contribution in [0.2, 0.25) is 0 Å². The smallest absolute Gasteiger partial charge is 0.246 e. The Morgan fingerprint density at radius 1 is 1.50 bits per heavy atom. The maximum absolute atomic E-state index is 13.9. The summed E-state index contributed by atoms with van der Waals surface area (Å²) in [6.45, 7) is 0.274. The van der Waals surface area contributed by atoms with Gasteiger partial charge in [-0.1, -0.05) is 6.07 Å². The van der Waals surface area contributed by atoms with E-state index >= 15 is 0 Å². The Balaban J connectivity index is 2.30. The number of piperidine rings is 1. The van der Waals surface area contributed by atoms with Crippen LogP contribution >= 0.6 is 0 Å². The van der Waals surface area contributed by atoms with Gasteiger partial charge in [0.05, 0.1) is 12.7 Å². The van der Waals surface area contributed by atoms with Crippen molar-refractivity contribution in [2.75, 3.05) is 20.2 Å². The maximum Gasteiger partial charge on any atom is 0.246 e. The lowest BCUT2D eigenvalue weighted by Gasteiger charge is -2.31. The van der Waals surface area contributed by atoms with E-state index in [-0.39, 0.29) is 24.2 Å². The SMILES string of the molecule is COC1CCCN(S(=O)(=O)c2ccc(CO)cc2F)C1. The van der Waals surface area contributed by atoms with Gasteiger partial charge >= 0.3 is 0 Å². The van der Waals surface area contributed by atoms with Gasteiger partial charge in [-0.05, 0) is 30.5 Å². The van der Waals surface area contributed by atoms with Gasteiger partial charge in [0.2, 0.25) is 10.0 Å².